The normalized spacial score (nSPS) is 22.0. The molecule has 0 radical (unpaired) electrons. The van der Waals surface area contributed by atoms with Crippen molar-refractivity contribution in [1.82, 2.24) is 14.8 Å². The molecule has 3 heteroatoms. The van der Waals surface area contributed by atoms with Crippen molar-refractivity contribution in [1.29, 1.82) is 0 Å². The summed E-state index contributed by atoms with van der Waals surface area (Å²) in [5, 5.41) is 8.30. The van der Waals surface area contributed by atoms with E-state index in [1.807, 2.05) is 18.2 Å². The molecule has 3 rings (SSSR count). The molecule has 1 fully saturated rings. The van der Waals surface area contributed by atoms with E-state index in [9.17, 15) is 0 Å². The Balaban J connectivity index is 2.01. The molecule has 1 aliphatic rings. The maximum atomic E-state index is 4.26. The standard InChI is InChI=1S/C13H15N3/c1-13(2)8-11(13)12-15-14-9-16(12)10-6-4-3-5-7-10/h3-7,9,11H,8H2,1-2H3. The lowest BCUT2D eigenvalue weighted by Gasteiger charge is -2.07. The SMILES string of the molecule is CC1(C)CC1c1nncn1-c1ccccc1. The number of aromatic nitrogens is 3. The highest BCUT2D eigenvalue weighted by atomic mass is 15.3. The van der Waals surface area contributed by atoms with Crippen LogP contribution in [0.4, 0.5) is 0 Å². The molecular formula is C13H15N3. The van der Waals surface area contributed by atoms with E-state index in [-0.39, 0.29) is 0 Å². The molecule has 3 nitrogen and oxygen atoms in total. The van der Waals surface area contributed by atoms with Gasteiger partial charge in [-0.15, -0.1) is 10.2 Å². The van der Waals surface area contributed by atoms with Crippen molar-refractivity contribution in [3.05, 3.63) is 42.5 Å². The van der Waals surface area contributed by atoms with Crippen LogP contribution in [0.25, 0.3) is 5.69 Å². The van der Waals surface area contributed by atoms with E-state index in [1.54, 1.807) is 6.33 Å². The molecular weight excluding hydrogens is 198 g/mol. The average molecular weight is 213 g/mol. The molecule has 82 valence electrons. The highest BCUT2D eigenvalue weighted by Crippen LogP contribution is 2.58. The molecule has 0 spiro atoms. The van der Waals surface area contributed by atoms with E-state index >= 15 is 0 Å². The topological polar surface area (TPSA) is 30.7 Å². The van der Waals surface area contributed by atoms with Gasteiger partial charge in [-0.3, -0.25) is 4.57 Å². The van der Waals surface area contributed by atoms with E-state index in [2.05, 4.69) is 40.7 Å². The molecule has 1 unspecified atom stereocenters. The summed E-state index contributed by atoms with van der Waals surface area (Å²) in [4.78, 5) is 0. The number of para-hydroxylation sites is 1. The fourth-order valence-electron chi connectivity index (χ4n) is 2.18. The van der Waals surface area contributed by atoms with Gasteiger partial charge in [0.1, 0.15) is 12.2 Å². The van der Waals surface area contributed by atoms with Crippen LogP contribution in [-0.4, -0.2) is 14.8 Å². The molecule has 1 heterocycles. The third-order valence-corrected chi connectivity index (χ3v) is 3.43. The van der Waals surface area contributed by atoms with Crippen molar-refractivity contribution in [2.24, 2.45) is 5.41 Å². The second-order valence-corrected chi connectivity index (χ2v) is 5.14. The maximum Gasteiger partial charge on any atom is 0.141 e. The summed E-state index contributed by atoms with van der Waals surface area (Å²) in [5.74, 6) is 1.64. The highest BCUT2D eigenvalue weighted by molar-refractivity contribution is 5.34. The van der Waals surface area contributed by atoms with E-state index < -0.39 is 0 Å². The lowest BCUT2D eigenvalue weighted by atomic mass is 10.1. The number of rotatable bonds is 2. The van der Waals surface area contributed by atoms with E-state index in [0.29, 0.717) is 11.3 Å². The summed E-state index contributed by atoms with van der Waals surface area (Å²) >= 11 is 0. The van der Waals surface area contributed by atoms with Crippen molar-refractivity contribution < 1.29 is 0 Å². The molecule has 1 saturated carbocycles. The van der Waals surface area contributed by atoms with Gasteiger partial charge in [-0.1, -0.05) is 32.0 Å². The second-order valence-electron chi connectivity index (χ2n) is 5.14. The lowest BCUT2D eigenvalue weighted by molar-refractivity contribution is 0.603. The van der Waals surface area contributed by atoms with Gasteiger partial charge in [0.05, 0.1) is 0 Å². The zero-order valence-electron chi connectivity index (χ0n) is 9.59. The zero-order valence-corrected chi connectivity index (χ0v) is 9.59. The first-order valence-electron chi connectivity index (χ1n) is 5.64. The van der Waals surface area contributed by atoms with E-state index in [1.165, 1.54) is 6.42 Å². The smallest absolute Gasteiger partial charge is 0.141 e. The van der Waals surface area contributed by atoms with Crippen molar-refractivity contribution in [2.75, 3.05) is 0 Å². The van der Waals surface area contributed by atoms with Crippen LogP contribution in [0.1, 0.15) is 32.0 Å². The Bertz CT molecular complexity index is 499. The Morgan fingerprint density at radius 3 is 2.56 bits per heavy atom. The van der Waals surface area contributed by atoms with Gasteiger partial charge in [0.15, 0.2) is 0 Å². The monoisotopic (exact) mass is 213 g/mol. The van der Waals surface area contributed by atoms with Gasteiger partial charge in [-0.2, -0.15) is 0 Å². The van der Waals surface area contributed by atoms with Gasteiger partial charge in [-0.05, 0) is 24.0 Å². The van der Waals surface area contributed by atoms with Crippen LogP contribution in [0.15, 0.2) is 36.7 Å². The Morgan fingerprint density at radius 2 is 1.94 bits per heavy atom. The van der Waals surface area contributed by atoms with Crippen LogP contribution in [0.2, 0.25) is 0 Å². The van der Waals surface area contributed by atoms with Crippen LogP contribution < -0.4 is 0 Å². The molecule has 0 N–H and O–H groups in total. The highest BCUT2D eigenvalue weighted by Gasteiger charge is 2.49. The predicted octanol–water partition coefficient (Wildman–Crippen LogP) is 2.78. The first-order chi connectivity index (χ1) is 7.68. The third kappa shape index (κ3) is 1.43. The summed E-state index contributed by atoms with van der Waals surface area (Å²) in [5.41, 5.74) is 1.53. The van der Waals surface area contributed by atoms with Crippen molar-refractivity contribution >= 4 is 0 Å². The Kier molecular flexibility index (Phi) is 1.90. The number of benzene rings is 1. The number of hydrogen-bond acceptors (Lipinski definition) is 2. The molecule has 2 aromatic rings. The van der Waals surface area contributed by atoms with E-state index in [0.717, 1.165) is 11.5 Å². The zero-order chi connectivity index (χ0) is 11.2. The fourth-order valence-corrected chi connectivity index (χ4v) is 2.18. The summed E-state index contributed by atoms with van der Waals surface area (Å²) in [7, 11) is 0. The molecule has 1 atom stereocenters. The van der Waals surface area contributed by atoms with Crippen LogP contribution >= 0.6 is 0 Å². The van der Waals surface area contributed by atoms with Crippen LogP contribution in [0.3, 0.4) is 0 Å². The fraction of sp³-hybridized carbons (Fsp3) is 0.385. The first-order valence-corrected chi connectivity index (χ1v) is 5.64. The molecule has 1 aromatic carbocycles. The largest absolute Gasteiger partial charge is 0.285 e. The molecule has 0 bridgehead atoms. The molecule has 1 aromatic heterocycles. The van der Waals surface area contributed by atoms with Crippen molar-refractivity contribution in [2.45, 2.75) is 26.2 Å². The maximum absolute atomic E-state index is 4.26. The molecule has 16 heavy (non-hydrogen) atoms. The van der Waals surface area contributed by atoms with Crippen molar-refractivity contribution in [3.8, 4) is 5.69 Å². The number of nitrogens with zero attached hydrogens (tertiary/aromatic N) is 3. The summed E-state index contributed by atoms with van der Waals surface area (Å²) in [6.45, 7) is 4.56. The Hall–Kier alpha value is -1.64. The van der Waals surface area contributed by atoms with Crippen LogP contribution in [0, 0.1) is 5.41 Å². The summed E-state index contributed by atoms with van der Waals surface area (Å²) in [6.07, 6.45) is 3.01. The van der Waals surface area contributed by atoms with Gasteiger partial charge in [-0.25, -0.2) is 0 Å². The van der Waals surface area contributed by atoms with Crippen LogP contribution in [0.5, 0.6) is 0 Å². The Labute approximate surface area is 95.1 Å². The minimum Gasteiger partial charge on any atom is -0.285 e. The molecule has 0 aliphatic heterocycles. The van der Waals surface area contributed by atoms with Gasteiger partial charge >= 0.3 is 0 Å². The number of hydrogen-bond donors (Lipinski definition) is 0. The van der Waals surface area contributed by atoms with Gasteiger partial charge in [0.25, 0.3) is 0 Å². The molecule has 1 aliphatic carbocycles. The third-order valence-electron chi connectivity index (χ3n) is 3.43. The molecule has 0 saturated heterocycles. The minimum atomic E-state index is 0.388. The second kappa shape index (κ2) is 3.17. The van der Waals surface area contributed by atoms with E-state index in [4.69, 9.17) is 0 Å². The average Bonchev–Trinajstić information content (AvgIpc) is 2.75. The minimum absolute atomic E-state index is 0.388. The van der Waals surface area contributed by atoms with Gasteiger partial charge in [0, 0.05) is 11.6 Å². The molecule has 0 amide bonds. The van der Waals surface area contributed by atoms with Crippen molar-refractivity contribution in [3.63, 3.8) is 0 Å². The Morgan fingerprint density at radius 1 is 1.25 bits per heavy atom. The van der Waals surface area contributed by atoms with Gasteiger partial charge in [0.2, 0.25) is 0 Å². The summed E-state index contributed by atoms with van der Waals surface area (Å²) < 4.78 is 2.10. The summed E-state index contributed by atoms with van der Waals surface area (Å²) in [6, 6.07) is 10.3. The van der Waals surface area contributed by atoms with Gasteiger partial charge < -0.3 is 0 Å². The first kappa shape index (κ1) is 9.58. The predicted molar refractivity (Wildman–Crippen MR) is 62.5 cm³/mol. The lowest BCUT2D eigenvalue weighted by Crippen LogP contribution is -2.01. The van der Waals surface area contributed by atoms with Crippen LogP contribution in [-0.2, 0) is 0 Å². The quantitative estimate of drug-likeness (QED) is 0.768.